The number of rotatable bonds is 5. The Hall–Kier alpha value is -2.58. The maximum Gasteiger partial charge on any atom is 0.128 e. The van der Waals surface area contributed by atoms with Gasteiger partial charge in [-0.1, -0.05) is 62.4 Å². The van der Waals surface area contributed by atoms with E-state index in [0.717, 1.165) is 29.7 Å². The van der Waals surface area contributed by atoms with Crippen molar-refractivity contribution in [2.45, 2.75) is 59.2 Å². The summed E-state index contributed by atoms with van der Waals surface area (Å²) in [6.07, 6.45) is 1.77. The van der Waals surface area contributed by atoms with Gasteiger partial charge in [0.25, 0.3) is 0 Å². The van der Waals surface area contributed by atoms with E-state index in [-0.39, 0.29) is 12.7 Å². The van der Waals surface area contributed by atoms with Crippen LogP contribution in [0.4, 0.5) is 0 Å². The zero-order valence-electron chi connectivity index (χ0n) is 17.8. The molecule has 150 valence electrons. The van der Waals surface area contributed by atoms with Gasteiger partial charge in [0.05, 0.1) is 6.61 Å². The monoisotopic (exact) mass is 386 g/mol. The predicted molar refractivity (Wildman–Crippen MR) is 119 cm³/mol. The smallest absolute Gasteiger partial charge is 0.128 e. The summed E-state index contributed by atoms with van der Waals surface area (Å²) in [6, 6.07) is 19.7. The molecule has 0 saturated carbocycles. The molecule has 0 aliphatic carbocycles. The lowest BCUT2D eigenvalue weighted by Gasteiger charge is -2.17. The third-order valence-electron chi connectivity index (χ3n) is 6.13. The average molecular weight is 387 g/mol. The van der Waals surface area contributed by atoms with Gasteiger partial charge in [0.15, 0.2) is 0 Å². The molecule has 4 rings (SSSR count). The second-order valence-electron chi connectivity index (χ2n) is 8.58. The summed E-state index contributed by atoms with van der Waals surface area (Å²) in [5, 5.41) is 9.67. The number of hydrogen-bond acceptors (Lipinski definition) is 2. The lowest BCUT2D eigenvalue weighted by molar-refractivity contribution is 0.235. The average Bonchev–Trinajstić information content (AvgIpc) is 3.13. The summed E-state index contributed by atoms with van der Waals surface area (Å²) in [5.74, 6) is 1.59. The third kappa shape index (κ3) is 3.95. The molecule has 0 spiro atoms. The fourth-order valence-corrected chi connectivity index (χ4v) is 4.32. The molecule has 0 saturated heterocycles. The number of aryl methyl sites for hydroxylation is 2. The van der Waals surface area contributed by atoms with Crippen molar-refractivity contribution in [3.05, 3.63) is 99.1 Å². The molecule has 1 heterocycles. The molecule has 1 aliphatic heterocycles. The highest BCUT2D eigenvalue weighted by Crippen LogP contribution is 2.41. The van der Waals surface area contributed by atoms with E-state index in [1.165, 1.54) is 33.4 Å². The molecule has 1 atom stereocenters. The molecule has 0 bridgehead atoms. The van der Waals surface area contributed by atoms with Crippen LogP contribution >= 0.6 is 0 Å². The Morgan fingerprint density at radius 2 is 1.72 bits per heavy atom. The van der Waals surface area contributed by atoms with E-state index in [1.54, 1.807) is 0 Å². The predicted octanol–water partition coefficient (Wildman–Crippen LogP) is 6.19. The Bertz CT molecular complexity index is 1020. The molecule has 2 nitrogen and oxygen atoms in total. The second kappa shape index (κ2) is 8.04. The largest absolute Gasteiger partial charge is 0.485 e. The molecule has 0 amide bonds. The van der Waals surface area contributed by atoms with Crippen LogP contribution in [0.5, 0.6) is 5.75 Å². The van der Waals surface area contributed by atoms with Crippen molar-refractivity contribution in [3.63, 3.8) is 0 Å². The van der Waals surface area contributed by atoms with Crippen molar-refractivity contribution in [1.82, 2.24) is 0 Å². The number of fused-ring (bicyclic) bond motifs is 1. The van der Waals surface area contributed by atoms with Gasteiger partial charge in [-0.3, -0.25) is 0 Å². The summed E-state index contributed by atoms with van der Waals surface area (Å²) in [4.78, 5) is 0. The fraction of sp³-hybridized carbons (Fsp3) is 0.333. The highest BCUT2D eigenvalue weighted by molar-refractivity contribution is 5.49. The molecular formula is C27H30O2. The number of ether oxygens (including phenoxy) is 1. The number of benzene rings is 3. The van der Waals surface area contributed by atoms with Gasteiger partial charge in [-0.2, -0.15) is 0 Å². The maximum absolute atomic E-state index is 9.67. The normalized spacial score (nSPS) is 15.4. The minimum atomic E-state index is 0.0142. The minimum absolute atomic E-state index is 0.0142. The van der Waals surface area contributed by atoms with Crippen molar-refractivity contribution in [1.29, 1.82) is 0 Å². The van der Waals surface area contributed by atoms with Gasteiger partial charge in [-0.05, 0) is 70.3 Å². The first kappa shape index (κ1) is 19.7. The molecule has 2 heteroatoms. The molecular weight excluding hydrogens is 356 g/mol. The lowest BCUT2D eigenvalue weighted by atomic mass is 9.94. The van der Waals surface area contributed by atoms with Crippen molar-refractivity contribution in [2.24, 2.45) is 0 Å². The van der Waals surface area contributed by atoms with E-state index >= 15 is 0 Å². The molecule has 0 fully saturated rings. The quantitative estimate of drug-likeness (QED) is 0.567. The number of hydrogen-bond donors (Lipinski definition) is 1. The van der Waals surface area contributed by atoms with Crippen LogP contribution in [-0.4, -0.2) is 5.11 Å². The first-order chi connectivity index (χ1) is 14.0. The van der Waals surface area contributed by atoms with E-state index in [4.69, 9.17) is 4.74 Å². The van der Waals surface area contributed by atoms with Crippen molar-refractivity contribution >= 4 is 0 Å². The minimum Gasteiger partial charge on any atom is -0.485 e. The first-order valence-corrected chi connectivity index (χ1v) is 10.5. The van der Waals surface area contributed by atoms with Crippen LogP contribution in [0.3, 0.4) is 0 Å². The lowest BCUT2D eigenvalue weighted by Crippen LogP contribution is -2.07. The molecule has 0 aromatic heterocycles. The fourth-order valence-electron chi connectivity index (χ4n) is 4.32. The van der Waals surface area contributed by atoms with E-state index in [0.29, 0.717) is 5.92 Å². The molecule has 1 unspecified atom stereocenters. The molecule has 1 aliphatic rings. The summed E-state index contributed by atoms with van der Waals surface area (Å²) >= 11 is 0. The zero-order valence-corrected chi connectivity index (χ0v) is 17.8. The Balaban J connectivity index is 1.60. The van der Waals surface area contributed by atoms with Crippen molar-refractivity contribution in [3.8, 4) is 5.75 Å². The van der Waals surface area contributed by atoms with E-state index in [1.807, 2.05) is 0 Å². The summed E-state index contributed by atoms with van der Waals surface area (Å²) in [7, 11) is 0. The topological polar surface area (TPSA) is 29.5 Å². The second-order valence-corrected chi connectivity index (χ2v) is 8.58. The molecule has 1 N–H and O–H groups in total. The van der Waals surface area contributed by atoms with Crippen LogP contribution in [0.15, 0.2) is 54.6 Å². The van der Waals surface area contributed by atoms with Crippen molar-refractivity contribution < 1.29 is 9.84 Å². The Labute approximate surface area is 174 Å². The van der Waals surface area contributed by atoms with Crippen LogP contribution < -0.4 is 4.74 Å². The van der Waals surface area contributed by atoms with Crippen LogP contribution in [0.25, 0.3) is 0 Å². The van der Waals surface area contributed by atoms with Crippen molar-refractivity contribution in [2.75, 3.05) is 0 Å². The molecule has 0 radical (unpaired) electrons. The van der Waals surface area contributed by atoms with E-state index in [2.05, 4.69) is 82.3 Å². The summed E-state index contributed by atoms with van der Waals surface area (Å²) in [5.41, 5.74) is 9.73. The van der Waals surface area contributed by atoms with Gasteiger partial charge in [-0.15, -0.1) is 0 Å². The third-order valence-corrected chi connectivity index (χ3v) is 6.13. The molecule has 29 heavy (non-hydrogen) atoms. The SMILES string of the molecule is Cc1cc(C)c(C2Cc3cccc(Cc4ccc(C(C)C)cc4)c3O2)cc1CO. The number of aliphatic hydroxyl groups excluding tert-OH is 1. The van der Waals surface area contributed by atoms with Gasteiger partial charge in [0.1, 0.15) is 11.9 Å². The summed E-state index contributed by atoms with van der Waals surface area (Å²) < 4.78 is 6.50. The first-order valence-electron chi connectivity index (χ1n) is 10.5. The highest BCUT2D eigenvalue weighted by Gasteiger charge is 2.28. The van der Waals surface area contributed by atoms with Crippen LogP contribution in [0.2, 0.25) is 0 Å². The van der Waals surface area contributed by atoms with Gasteiger partial charge < -0.3 is 9.84 Å². The Kier molecular flexibility index (Phi) is 5.47. The molecule has 3 aromatic rings. The zero-order chi connectivity index (χ0) is 20.5. The van der Waals surface area contributed by atoms with Gasteiger partial charge in [0.2, 0.25) is 0 Å². The van der Waals surface area contributed by atoms with Crippen LogP contribution in [-0.2, 0) is 19.4 Å². The maximum atomic E-state index is 9.67. The van der Waals surface area contributed by atoms with Gasteiger partial charge in [0, 0.05) is 12.8 Å². The van der Waals surface area contributed by atoms with E-state index in [9.17, 15) is 5.11 Å². The summed E-state index contributed by atoms with van der Waals surface area (Å²) in [6.45, 7) is 8.70. The van der Waals surface area contributed by atoms with E-state index < -0.39 is 0 Å². The Morgan fingerprint density at radius 1 is 0.966 bits per heavy atom. The van der Waals surface area contributed by atoms with Crippen LogP contribution in [0.1, 0.15) is 70.4 Å². The van der Waals surface area contributed by atoms with Crippen LogP contribution in [0, 0.1) is 13.8 Å². The molecule has 3 aromatic carbocycles. The van der Waals surface area contributed by atoms with Gasteiger partial charge in [-0.25, -0.2) is 0 Å². The number of aliphatic hydroxyl groups is 1. The number of para-hydroxylation sites is 1. The Morgan fingerprint density at radius 3 is 2.41 bits per heavy atom. The van der Waals surface area contributed by atoms with Gasteiger partial charge >= 0.3 is 0 Å². The highest BCUT2D eigenvalue weighted by atomic mass is 16.5. The standard InChI is InChI=1S/C27H30O2/c1-17(2)21-10-8-20(9-11-21)13-22-6-5-7-23-15-26(29-27(22)23)25-14-24(16-28)18(3)12-19(25)4/h5-12,14,17,26,28H,13,15-16H2,1-4H3.